The summed E-state index contributed by atoms with van der Waals surface area (Å²) in [5.74, 6) is 0.895. The molecule has 0 aliphatic heterocycles. The number of nitrogens with zero attached hydrogens (tertiary/aromatic N) is 2. The van der Waals surface area contributed by atoms with Gasteiger partial charge in [0.15, 0.2) is 5.96 Å². The average molecular weight is 345 g/mol. The molecule has 1 saturated carbocycles. The predicted molar refractivity (Wildman–Crippen MR) is 104 cm³/mol. The normalized spacial score (nSPS) is 16.1. The zero-order valence-electron chi connectivity index (χ0n) is 16.1. The Morgan fingerprint density at radius 3 is 2.32 bits per heavy atom. The van der Waals surface area contributed by atoms with Crippen molar-refractivity contribution in [3.05, 3.63) is 35.4 Å². The molecule has 1 aromatic rings. The van der Waals surface area contributed by atoms with E-state index in [1.807, 2.05) is 24.3 Å². The van der Waals surface area contributed by atoms with Crippen LogP contribution < -0.4 is 10.6 Å². The van der Waals surface area contributed by atoms with E-state index in [1.165, 1.54) is 25.7 Å². The minimum Gasteiger partial charge on any atom is -0.357 e. The van der Waals surface area contributed by atoms with E-state index in [2.05, 4.69) is 29.5 Å². The summed E-state index contributed by atoms with van der Waals surface area (Å²) in [7, 11) is 3.53. The highest BCUT2D eigenvalue weighted by Crippen LogP contribution is 2.42. The minimum absolute atomic E-state index is 0.0235. The molecule has 2 rings (SSSR count). The molecule has 0 radical (unpaired) electrons. The number of carbonyl (C=O) groups excluding carboxylic acids is 1. The fraction of sp³-hybridized carbons (Fsp3) is 0.600. The summed E-state index contributed by atoms with van der Waals surface area (Å²) in [6.07, 6.45) is 5.20. The van der Waals surface area contributed by atoms with Gasteiger partial charge in [0.1, 0.15) is 0 Å². The van der Waals surface area contributed by atoms with Crippen molar-refractivity contribution in [2.24, 2.45) is 10.4 Å². The van der Waals surface area contributed by atoms with E-state index in [9.17, 15) is 4.79 Å². The Kier molecular flexibility index (Phi) is 6.85. The van der Waals surface area contributed by atoms with Crippen molar-refractivity contribution in [3.63, 3.8) is 0 Å². The Labute approximate surface area is 151 Å². The molecule has 138 valence electrons. The van der Waals surface area contributed by atoms with Crippen LogP contribution in [0.25, 0.3) is 0 Å². The molecule has 0 saturated heterocycles. The maximum atomic E-state index is 11.9. The Balaban J connectivity index is 1.94. The minimum atomic E-state index is 0.0235. The summed E-state index contributed by atoms with van der Waals surface area (Å²) in [4.78, 5) is 18.2. The van der Waals surface area contributed by atoms with Gasteiger partial charge >= 0.3 is 0 Å². The lowest BCUT2D eigenvalue weighted by Gasteiger charge is -2.41. The predicted octanol–water partition coefficient (Wildman–Crippen LogP) is 3.02. The molecule has 0 aromatic heterocycles. The molecule has 1 amide bonds. The number of benzene rings is 1. The van der Waals surface area contributed by atoms with E-state index in [0.717, 1.165) is 24.6 Å². The molecule has 5 nitrogen and oxygen atoms in total. The van der Waals surface area contributed by atoms with Gasteiger partial charge in [-0.25, -0.2) is 4.99 Å². The topological polar surface area (TPSA) is 56.7 Å². The van der Waals surface area contributed by atoms with Crippen LogP contribution >= 0.6 is 0 Å². The van der Waals surface area contributed by atoms with Gasteiger partial charge in [0.2, 0.25) is 0 Å². The number of amides is 1. The van der Waals surface area contributed by atoms with Crippen molar-refractivity contribution in [1.82, 2.24) is 15.5 Å². The maximum absolute atomic E-state index is 11.9. The Bertz CT molecular complexity index is 583. The number of nitrogens with one attached hydrogen (secondary N) is 2. The summed E-state index contributed by atoms with van der Waals surface area (Å²) < 4.78 is 0. The van der Waals surface area contributed by atoms with Crippen LogP contribution in [-0.4, -0.2) is 44.0 Å². The molecule has 0 heterocycles. The number of rotatable bonds is 7. The van der Waals surface area contributed by atoms with Crippen molar-refractivity contribution in [3.8, 4) is 0 Å². The third kappa shape index (κ3) is 5.21. The third-order valence-corrected chi connectivity index (χ3v) is 5.17. The lowest BCUT2D eigenvalue weighted by Crippen LogP contribution is -2.46. The van der Waals surface area contributed by atoms with Gasteiger partial charge in [-0.15, -0.1) is 0 Å². The van der Waals surface area contributed by atoms with Crippen LogP contribution in [0.5, 0.6) is 0 Å². The third-order valence-electron chi connectivity index (χ3n) is 5.17. The Hall–Kier alpha value is -2.04. The first-order chi connectivity index (χ1) is 12.0. The summed E-state index contributed by atoms with van der Waals surface area (Å²) in [5.41, 5.74) is 2.27. The van der Waals surface area contributed by atoms with Crippen molar-refractivity contribution in [2.45, 2.75) is 46.1 Å². The second kappa shape index (κ2) is 8.88. The molecule has 0 unspecified atom stereocenters. The van der Waals surface area contributed by atoms with E-state index in [4.69, 9.17) is 0 Å². The molecule has 5 heteroatoms. The maximum Gasteiger partial charge on any atom is 0.253 e. The van der Waals surface area contributed by atoms with Crippen LogP contribution in [0, 0.1) is 5.41 Å². The van der Waals surface area contributed by atoms with E-state index >= 15 is 0 Å². The Morgan fingerprint density at radius 2 is 1.84 bits per heavy atom. The average Bonchev–Trinajstić information content (AvgIpc) is 2.58. The van der Waals surface area contributed by atoms with Gasteiger partial charge in [0.25, 0.3) is 5.91 Å². The van der Waals surface area contributed by atoms with Crippen LogP contribution in [-0.2, 0) is 6.54 Å². The zero-order chi connectivity index (χ0) is 18.3. The first-order valence-corrected chi connectivity index (χ1v) is 9.32. The smallest absolute Gasteiger partial charge is 0.253 e. The number of hydrogen-bond acceptors (Lipinski definition) is 2. The van der Waals surface area contributed by atoms with Gasteiger partial charge in [0, 0.05) is 32.7 Å². The summed E-state index contributed by atoms with van der Waals surface area (Å²) in [6, 6.07) is 7.69. The fourth-order valence-corrected chi connectivity index (χ4v) is 3.13. The molecule has 2 N–H and O–H groups in total. The summed E-state index contributed by atoms with van der Waals surface area (Å²) >= 11 is 0. The summed E-state index contributed by atoms with van der Waals surface area (Å²) in [5, 5.41) is 6.83. The zero-order valence-corrected chi connectivity index (χ0v) is 16.1. The lowest BCUT2D eigenvalue weighted by atomic mass is 9.67. The first-order valence-electron chi connectivity index (χ1n) is 9.32. The van der Waals surface area contributed by atoms with Crippen LogP contribution in [0.3, 0.4) is 0 Å². The molecule has 1 aliphatic rings. The van der Waals surface area contributed by atoms with E-state index < -0.39 is 0 Å². The SMILES string of the molecule is CCNC(=NCc1ccc(C(=O)N(C)C)cc1)NCC1(CC)CCC1. The van der Waals surface area contributed by atoms with Gasteiger partial charge in [0.05, 0.1) is 6.54 Å². The van der Waals surface area contributed by atoms with Crippen LogP contribution in [0.15, 0.2) is 29.3 Å². The van der Waals surface area contributed by atoms with Gasteiger partial charge in [-0.05, 0) is 49.3 Å². The second-order valence-electron chi connectivity index (χ2n) is 7.15. The first kappa shape index (κ1) is 19.3. The van der Waals surface area contributed by atoms with Crippen molar-refractivity contribution in [1.29, 1.82) is 0 Å². The molecule has 1 fully saturated rings. The molecule has 1 aromatic carbocycles. The molecule has 1 aliphatic carbocycles. The van der Waals surface area contributed by atoms with Crippen molar-refractivity contribution in [2.75, 3.05) is 27.2 Å². The molecule has 0 spiro atoms. The van der Waals surface area contributed by atoms with Crippen LogP contribution in [0.4, 0.5) is 0 Å². The monoisotopic (exact) mass is 344 g/mol. The van der Waals surface area contributed by atoms with Crippen LogP contribution in [0.2, 0.25) is 0 Å². The molecule has 0 atom stereocenters. The van der Waals surface area contributed by atoms with Gasteiger partial charge in [-0.3, -0.25) is 4.79 Å². The summed E-state index contributed by atoms with van der Waals surface area (Å²) in [6.45, 7) is 6.80. The van der Waals surface area contributed by atoms with Gasteiger partial charge in [-0.2, -0.15) is 0 Å². The van der Waals surface area contributed by atoms with E-state index in [1.54, 1.807) is 19.0 Å². The largest absolute Gasteiger partial charge is 0.357 e. The number of carbonyl (C=O) groups is 1. The van der Waals surface area contributed by atoms with E-state index in [-0.39, 0.29) is 5.91 Å². The van der Waals surface area contributed by atoms with Crippen molar-refractivity contribution < 1.29 is 4.79 Å². The highest BCUT2D eigenvalue weighted by atomic mass is 16.2. The van der Waals surface area contributed by atoms with Gasteiger partial charge in [-0.1, -0.05) is 25.5 Å². The Morgan fingerprint density at radius 1 is 1.16 bits per heavy atom. The van der Waals surface area contributed by atoms with E-state index in [0.29, 0.717) is 17.5 Å². The van der Waals surface area contributed by atoms with Crippen LogP contribution in [0.1, 0.15) is 55.5 Å². The molecular weight excluding hydrogens is 312 g/mol. The quantitative estimate of drug-likeness (QED) is 0.590. The highest BCUT2D eigenvalue weighted by Gasteiger charge is 2.34. The second-order valence-corrected chi connectivity index (χ2v) is 7.15. The fourth-order valence-electron chi connectivity index (χ4n) is 3.13. The standard InChI is InChI=1S/C20H32N4O/c1-5-20(12-7-13-20)15-23-19(21-6-2)22-14-16-8-10-17(11-9-16)18(25)24(3)4/h8-11H,5-7,12-15H2,1-4H3,(H2,21,22,23). The number of hydrogen-bond donors (Lipinski definition) is 2. The molecule has 0 bridgehead atoms. The lowest BCUT2D eigenvalue weighted by molar-refractivity contribution is 0.0827. The highest BCUT2D eigenvalue weighted by molar-refractivity contribution is 5.93. The van der Waals surface area contributed by atoms with Crippen molar-refractivity contribution >= 4 is 11.9 Å². The van der Waals surface area contributed by atoms with Gasteiger partial charge < -0.3 is 15.5 Å². The number of guanidine groups is 1. The number of aliphatic imine (C=N–C) groups is 1. The molecular formula is C20H32N4O. The molecule has 25 heavy (non-hydrogen) atoms.